The Labute approximate surface area is 125 Å². The molecule has 108 valence electrons. The normalized spacial score (nSPS) is 20.8. The summed E-state index contributed by atoms with van der Waals surface area (Å²) in [5.41, 5.74) is 2.66. The highest BCUT2D eigenvalue weighted by atomic mass is 32.2. The summed E-state index contributed by atoms with van der Waals surface area (Å²) in [5.74, 6) is 2.82. The van der Waals surface area contributed by atoms with Gasteiger partial charge >= 0.3 is 0 Å². The van der Waals surface area contributed by atoms with Gasteiger partial charge < -0.3 is 4.90 Å². The van der Waals surface area contributed by atoms with Crippen molar-refractivity contribution in [2.24, 2.45) is 5.92 Å². The maximum atomic E-state index is 12.3. The summed E-state index contributed by atoms with van der Waals surface area (Å²) in [4.78, 5) is 16.8. The van der Waals surface area contributed by atoms with Crippen molar-refractivity contribution in [1.82, 2.24) is 9.80 Å². The number of aryl methyl sites for hydroxylation is 1. The number of amides is 1. The topological polar surface area (TPSA) is 23.6 Å². The molecular weight excluding hydrogens is 268 g/mol. The molecule has 1 aromatic rings. The van der Waals surface area contributed by atoms with E-state index in [2.05, 4.69) is 41.0 Å². The number of benzene rings is 1. The lowest BCUT2D eigenvalue weighted by atomic mass is 9.97. The molecule has 0 atom stereocenters. The van der Waals surface area contributed by atoms with E-state index < -0.39 is 0 Å². The van der Waals surface area contributed by atoms with Crippen LogP contribution in [-0.4, -0.2) is 53.4 Å². The third kappa shape index (κ3) is 3.18. The van der Waals surface area contributed by atoms with Crippen LogP contribution in [0.5, 0.6) is 0 Å². The largest absolute Gasteiger partial charge is 0.341 e. The minimum Gasteiger partial charge on any atom is -0.341 e. The number of rotatable bonds is 3. The summed E-state index contributed by atoms with van der Waals surface area (Å²) in [6.45, 7) is 6.84. The van der Waals surface area contributed by atoms with Crippen molar-refractivity contribution in [3.63, 3.8) is 0 Å². The zero-order valence-corrected chi connectivity index (χ0v) is 12.9. The van der Waals surface area contributed by atoms with Crippen molar-refractivity contribution in [1.29, 1.82) is 0 Å². The molecule has 0 unspecified atom stereocenters. The van der Waals surface area contributed by atoms with Gasteiger partial charge in [0.2, 0.25) is 5.91 Å². The van der Waals surface area contributed by atoms with Crippen LogP contribution in [-0.2, 0) is 11.3 Å². The highest BCUT2D eigenvalue weighted by Crippen LogP contribution is 2.22. The van der Waals surface area contributed by atoms with Crippen molar-refractivity contribution in [3.05, 3.63) is 35.4 Å². The Morgan fingerprint density at radius 3 is 2.75 bits per heavy atom. The molecule has 0 aliphatic carbocycles. The number of hydrogen-bond donors (Lipinski definition) is 0. The molecule has 2 heterocycles. The second-order valence-corrected chi connectivity index (χ2v) is 7.04. The average molecular weight is 290 g/mol. The van der Waals surface area contributed by atoms with E-state index in [1.54, 1.807) is 0 Å². The first-order chi connectivity index (χ1) is 9.72. The molecule has 2 fully saturated rings. The molecule has 0 bridgehead atoms. The summed E-state index contributed by atoms with van der Waals surface area (Å²) in [6.07, 6.45) is 0. The summed E-state index contributed by atoms with van der Waals surface area (Å²) in [6, 6.07) is 8.64. The fourth-order valence-electron chi connectivity index (χ4n) is 2.97. The lowest BCUT2D eigenvalue weighted by molar-refractivity contribution is -0.141. The minimum absolute atomic E-state index is 0.239. The fraction of sp³-hybridized carbons (Fsp3) is 0.562. The van der Waals surface area contributed by atoms with Gasteiger partial charge in [-0.3, -0.25) is 9.69 Å². The minimum atomic E-state index is 0.239. The Balaban J connectivity index is 1.47. The van der Waals surface area contributed by atoms with Crippen LogP contribution in [0.4, 0.5) is 0 Å². The van der Waals surface area contributed by atoms with E-state index >= 15 is 0 Å². The average Bonchev–Trinajstić information content (AvgIpc) is 2.43. The molecular formula is C16H22N2OS. The number of nitrogens with zero attached hydrogens (tertiary/aromatic N) is 2. The van der Waals surface area contributed by atoms with Crippen molar-refractivity contribution in [2.75, 3.05) is 37.7 Å². The van der Waals surface area contributed by atoms with Gasteiger partial charge in [0.25, 0.3) is 0 Å². The monoisotopic (exact) mass is 290 g/mol. The van der Waals surface area contributed by atoms with Crippen LogP contribution in [0.15, 0.2) is 24.3 Å². The van der Waals surface area contributed by atoms with Crippen LogP contribution < -0.4 is 0 Å². The fourth-order valence-corrected chi connectivity index (χ4v) is 3.87. The van der Waals surface area contributed by atoms with Crippen molar-refractivity contribution >= 4 is 17.7 Å². The lowest BCUT2D eigenvalue weighted by Gasteiger charge is -2.41. The number of carbonyl (C=O) groups is 1. The van der Waals surface area contributed by atoms with Crippen LogP contribution in [0.25, 0.3) is 0 Å². The van der Waals surface area contributed by atoms with E-state index in [-0.39, 0.29) is 5.92 Å². The first-order valence-corrected chi connectivity index (χ1v) is 8.52. The van der Waals surface area contributed by atoms with E-state index in [0.29, 0.717) is 5.91 Å². The molecule has 2 aliphatic heterocycles. The molecule has 0 radical (unpaired) electrons. The maximum Gasteiger partial charge on any atom is 0.228 e. The lowest BCUT2D eigenvalue weighted by Crippen LogP contribution is -2.55. The molecule has 20 heavy (non-hydrogen) atoms. The summed E-state index contributed by atoms with van der Waals surface area (Å²) in [5, 5.41) is 0. The number of hydrogen-bond acceptors (Lipinski definition) is 3. The summed E-state index contributed by atoms with van der Waals surface area (Å²) in [7, 11) is 0. The van der Waals surface area contributed by atoms with Crippen molar-refractivity contribution in [2.45, 2.75) is 13.5 Å². The zero-order chi connectivity index (χ0) is 13.9. The van der Waals surface area contributed by atoms with Crippen LogP contribution in [0.2, 0.25) is 0 Å². The molecule has 1 amide bonds. The smallest absolute Gasteiger partial charge is 0.228 e. The van der Waals surface area contributed by atoms with Gasteiger partial charge in [0.1, 0.15) is 0 Å². The van der Waals surface area contributed by atoms with Crippen molar-refractivity contribution in [3.8, 4) is 0 Å². The first-order valence-electron chi connectivity index (χ1n) is 7.37. The van der Waals surface area contributed by atoms with E-state index in [1.165, 1.54) is 11.1 Å². The molecule has 3 nitrogen and oxygen atoms in total. The first kappa shape index (κ1) is 14.0. The van der Waals surface area contributed by atoms with Gasteiger partial charge in [0, 0.05) is 44.2 Å². The zero-order valence-electron chi connectivity index (χ0n) is 12.0. The summed E-state index contributed by atoms with van der Waals surface area (Å²) >= 11 is 1.95. The number of thioether (sulfide) groups is 1. The standard InChI is InChI=1S/C16H22N2OS/c1-13-3-2-4-14(9-13)10-17-11-15(12-17)16(19)18-5-7-20-8-6-18/h2-4,9,15H,5-8,10-12H2,1H3. The predicted octanol–water partition coefficient (Wildman–Crippen LogP) is 2.00. The van der Waals surface area contributed by atoms with E-state index in [4.69, 9.17) is 0 Å². The Hall–Kier alpha value is -1.00. The van der Waals surface area contributed by atoms with Crippen LogP contribution in [0, 0.1) is 12.8 Å². The van der Waals surface area contributed by atoms with Gasteiger partial charge in [-0.25, -0.2) is 0 Å². The molecule has 1 aromatic carbocycles. The number of carbonyl (C=O) groups excluding carboxylic acids is 1. The highest BCUT2D eigenvalue weighted by molar-refractivity contribution is 7.99. The molecule has 2 aliphatic rings. The molecule has 0 aromatic heterocycles. The van der Waals surface area contributed by atoms with Crippen LogP contribution in [0.1, 0.15) is 11.1 Å². The van der Waals surface area contributed by atoms with Crippen molar-refractivity contribution < 1.29 is 4.79 Å². The maximum absolute atomic E-state index is 12.3. The second kappa shape index (κ2) is 6.19. The Morgan fingerprint density at radius 2 is 2.05 bits per heavy atom. The predicted molar refractivity (Wildman–Crippen MR) is 83.9 cm³/mol. The second-order valence-electron chi connectivity index (χ2n) is 5.82. The van der Waals surface area contributed by atoms with E-state index in [1.807, 2.05) is 11.8 Å². The van der Waals surface area contributed by atoms with Gasteiger partial charge in [0.05, 0.1) is 5.92 Å². The number of likely N-dealkylation sites (tertiary alicyclic amines) is 1. The molecule has 3 rings (SSSR count). The Bertz CT molecular complexity index is 479. The molecule has 0 spiro atoms. The van der Waals surface area contributed by atoms with Gasteiger partial charge in [-0.2, -0.15) is 11.8 Å². The van der Waals surface area contributed by atoms with Gasteiger partial charge in [-0.05, 0) is 12.5 Å². The van der Waals surface area contributed by atoms with Gasteiger partial charge in [-0.1, -0.05) is 29.8 Å². The molecule has 0 N–H and O–H groups in total. The van der Waals surface area contributed by atoms with E-state index in [0.717, 1.165) is 44.2 Å². The van der Waals surface area contributed by atoms with Gasteiger partial charge in [0.15, 0.2) is 0 Å². The molecule has 2 saturated heterocycles. The highest BCUT2D eigenvalue weighted by Gasteiger charge is 2.35. The SMILES string of the molecule is Cc1cccc(CN2CC(C(=O)N3CCSCC3)C2)c1. The van der Waals surface area contributed by atoms with Crippen LogP contribution >= 0.6 is 11.8 Å². The quantitative estimate of drug-likeness (QED) is 0.851. The molecule has 0 saturated carbocycles. The Morgan fingerprint density at radius 1 is 1.30 bits per heavy atom. The van der Waals surface area contributed by atoms with Crippen LogP contribution in [0.3, 0.4) is 0 Å². The summed E-state index contributed by atoms with van der Waals surface area (Å²) < 4.78 is 0. The molecule has 4 heteroatoms. The third-order valence-corrected chi connectivity index (χ3v) is 5.06. The Kier molecular flexibility index (Phi) is 4.32. The van der Waals surface area contributed by atoms with Gasteiger partial charge in [-0.15, -0.1) is 0 Å². The van der Waals surface area contributed by atoms with E-state index in [9.17, 15) is 4.79 Å². The third-order valence-electron chi connectivity index (χ3n) is 4.12.